The zero-order chi connectivity index (χ0) is 45.0. The molecule has 0 amide bonds. The summed E-state index contributed by atoms with van der Waals surface area (Å²) in [6.45, 7) is 20.9. The van der Waals surface area contributed by atoms with Gasteiger partial charge in [-0.1, -0.05) is 52.4 Å². The summed E-state index contributed by atoms with van der Waals surface area (Å²) in [6.07, 6.45) is 43.7. The third-order valence-corrected chi connectivity index (χ3v) is 53.0. The first kappa shape index (κ1) is 58.7. The fraction of sp³-hybridized carbons (Fsp3) is 0.857. The molecule has 0 aliphatic rings. The Morgan fingerprint density at radius 3 is 0.774 bits per heavy atom. The fourth-order valence-electron chi connectivity index (χ4n) is 9.93. The van der Waals surface area contributed by atoms with Gasteiger partial charge in [-0.15, -0.1) is 0 Å². The fourth-order valence-corrected chi connectivity index (χ4v) is 50.4. The summed E-state index contributed by atoms with van der Waals surface area (Å²) in [5.74, 6) is 2.47. The van der Waals surface area contributed by atoms with E-state index in [9.17, 15) is 0 Å². The van der Waals surface area contributed by atoms with E-state index in [2.05, 4.69) is 90.2 Å². The second kappa shape index (κ2) is 38.6. The molecular weight excluding hydrogens is 1010 g/mol. The first-order valence-electron chi connectivity index (χ1n) is 28.0. The van der Waals surface area contributed by atoms with E-state index < -0.39 is 36.8 Å². The molecule has 62 heavy (non-hydrogen) atoms. The Balaban J connectivity index is 2.57. The molecule has 0 N–H and O–H groups in total. The SMILES string of the molecule is CCCCCCCCCCCCOc1c[c]([Sn]([CH2]CCC)([CH2]CCC)[CH2]CCC)sc1-c1s[c]([Sn]([CH2]CCC)([CH2]CCC)[CH2]CCC)cc1OCCCCCCCCCCCC. The van der Waals surface area contributed by atoms with Gasteiger partial charge in [-0.25, -0.2) is 0 Å². The smallest absolute Gasteiger partial charge is 0.0654 e. The molecular formula is C56H106O2S2Sn2. The summed E-state index contributed by atoms with van der Waals surface area (Å²) in [5.41, 5.74) is 0. The topological polar surface area (TPSA) is 18.5 Å². The van der Waals surface area contributed by atoms with Gasteiger partial charge in [0.25, 0.3) is 0 Å². The Bertz CT molecular complexity index is 1160. The van der Waals surface area contributed by atoms with Gasteiger partial charge in [0.15, 0.2) is 0 Å². The van der Waals surface area contributed by atoms with Crippen LogP contribution in [0.4, 0.5) is 0 Å². The molecule has 2 aromatic rings. The normalized spacial score (nSPS) is 12.2. The average molecular weight is 1110 g/mol. The molecule has 2 aromatic heterocycles. The average Bonchev–Trinajstić information content (AvgIpc) is 3.92. The van der Waals surface area contributed by atoms with Gasteiger partial charge >= 0.3 is 356 Å². The van der Waals surface area contributed by atoms with Crippen LogP contribution >= 0.6 is 22.7 Å². The van der Waals surface area contributed by atoms with E-state index in [1.165, 1.54) is 253 Å². The van der Waals surface area contributed by atoms with Gasteiger partial charge in [0.1, 0.15) is 0 Å². The van der Waals surface area contributed by atoms with Crippen LogP contribution in [0.5, 0.6) is 11.5 Å². The number of rotatable bonds is 45. The number of thiophene rings is 2. The molecule has 0 bridgehead atoms. The van der Waals surface area contributed by atoms with E-state index in [0.717, 1.165) is 13.2 Å². The predicted molar refractivity (Wildman–Crippen MR) is 291 cm³/mol. The minimum atomic E-state index is -2.70. The van der Waals surface area contributed by atoms with Gasteiger partial charge in [0, 0.05) is 0 Å². The van der Waals surface area contributed by atoms with Gasteiger partial charge in [-0.05, 0) is 0 Å². The summed E-state index contributed by atoms with van der Waals surface area (Å²) in [5, 5.41) is 0. The van der Waals surface area contributed by atoms with Crippen LogP contribution in [0.15, 0.2) is 12.1 Å². The second-order valence-corrected chi connectivity index (χ2v) is 50.3. The molecule has 0 fully saturated rings. The third kappa shape index (κ3) is 23.1. The monoisotopic (exact) mass is 1110 g/mol. The molecule has 6 heteroatoms. The molecule has 0 aliphatic heterocycles. The Morgan fingerprint density at radius 2 is 0.532 bits per heavy atom. The predicted octanol–water partition coefficient (Wildman–Crippen LogP) is 20.2. The molecule has 2 nitrogen and oxygen atoms in total. The number of hydrogen-bond acceptors (Lipinski definition) is 4. The van der Waals surface area contributed by atoms with Crippen LogP contribution in [-0.2, 0) is 0 Å². The quantitative estimate of drug-likeness (QED) is 0.0486. The van der Waals surface area contributed by atoms with Crippen LogP contribution in [0.2, 0.25) is 26.6 Å². The molecule has 0 saturated heterocycles. The molecule has 362 valence electrons. The van der Waals surface area contributed by atoms with Crippen LogP contribution in [0.1, 0.15) is 261 Å². The first-order valence-corrected chi connectivity index (χ1v) is 44.6. The Kier molecular flexibility index (Phi) is 36.5. The molecule has 0 radical (unpaired) electrons. The van der Waals surface area contributed by atoms with Crippen molar-refractivity contribution in [2.75, 3.05) is 13.2 Å². The van der Waals surface area contributed by atoms with E-state index in [4.69, 9.17) is 9.47 Å². The zero-order valence-electron chi connectivity index (χ0n) is 43.1. The Hall–Kier alpha value is 0.597. The summed E-state index contributed by atoms with van der Waals surface area (Å²) < 4.78 is 27.0. The van der Waals surface area contributed by atoms with Gasteiger partial charge in [0.05, 0.1) is 0 Å². The van der Waals surface area contributed by atoms with E-state index in [0.29, 0.717) is 0 Å². The van der Waals surface area contributed by atoms with Crippen molar-refractivity contribution in [3.63, 3.8) is 0 Å². The molecule has 0 spiro atoms. The number of hydrogen-bond donors (Lipinski definition) is 0. The summed E-state index contributed by atoms with van der Waals surface area (Å²) in [6, 6.07) is 5.36. The minimum Gasteiger partial charge on any atom is -0.0654 e. The van der Waals surface area contributed by atoms with E-state index >= 15 is 0 Å². The van der Waals surface area contributed by atoms with Crippen molar-refractivity contribution in [2.24, 2.45) is 0 Å². The molecule has 2 heterocycles. The van der Waals surface area contributed by atoms with Crippen molar-refractivity contribution in [3.8, 4) is 21.3 Å². The van der Waals surface area contributed by atoms with E-state index in [1.807, 2.05) is 5.79 Å². The van der Waals surface area contributed by atoms with Crippen molar-refractivity contribution in [1.82, 2.24) is 0 Å². The Morgan fingerprint density at radius 1 is 0.306 bits per heavy atom. The molecule has 2 rings (SSSR count). The molecule has 0 aromatic carbocycles. The molecule has 0 saturated carbocycles. The van der Waals surface area contributed by atoms with Gasteiger partial charge < -0.3 is 0 Å². The van der Waals surface area contributed by atoms with Crippen molar-refractivity contribution in [2.45, 2.75) is 287 Å². The summed E-state index contributed by atoms with van der Waals surface area (Å²) in [7, 11) is 0. The third-order valence-electron chi connectivity index (χ3n) is 14.2. The van der Waals surface area contributed by atoms with Gasteiger partial charge in [-0.2, -0.15) is 0 Å². The molecule has 0 aliphatic carbocycles. The van der Waals surface area contributed by atoms with Gasteiger partial charge in [-0.3, -0.25) is 0 Å². The van der Waals surface area contributed by atoms with Crippen molar-refractivity contribution < 1.29 is 9.47 Å². The van der Waals surface area contributed by atoms with Crippen LogP contribution in [0.25, 0.3) is 9.75 Å². The zero-order valence-corrected chi connectivity index (χ0v) is 50.4. The minimum absolute atomic E-state index is 0.862. The summed E-state index contributed by atoms with van der Waals surface area (Å²) in [4.78, 5) is 2.93. The number of ether oxygens (including phenoxy) is 2. The van der Waals surface area contributed by atoms with Crippen LogP contribution in [0.3, 0.4) is 0 Å². The van der Waals surface area contributed by atoms with Crippen molar-refractivity contribution in [1.29, 1.82) is 0 Å². The maximum absolute atomic E-state index is 7.12. The second-order valence-electron chi connectivity index (χ2n) is 19.9. The first-order chi connectivity index (χ1) is 30.4. The van der Waals surface area contributed by atoms with Crippen LogP contribution in [0, 0.1) is 0 Å². The van der Waals surface area contributed by atoms with E-state index in [-0.39, 0.29) is 0 Å². The van der Waals surface area contributed by atoms with E-state index in [1.54, 1.807) is 0 Å². The van der Waals surface area contributed by atoms with Crippen molar-refractivity contribution >= 4 is 65.2 Å². The van der Waals surface area contributed by atoms with Gasteiger partial charge in [0.2, 0.25) is 0 Å². The van der Waals surface area contributed by atoms with Crippen LogP contribution in [-0.4, -0.2) is 50.0 Å². The standard InChI is InChI=1S/C32H52O2S2.6C4H9.2Sn/c1-3-5-7-9-11-13-15-17-19-21-25-33-29-23-27-35-31(29)32-30(24-28-36-32)34-26-22-20-18-16-14-12-10-8-6-4-2;6*1-3-4-2;;/h23-24H,3-22,25-26H2,1-2H3;6*1,3-4H2,2H3;;. The maximum atomic E-state index is 7.12. The Labute approximate surface area is 405 Å². The van der Waals surface area contributed by atoms with Crippen molar-refractivity contribution in [3.05, 3.63) is 12.1 Å². The summed E-state index contributed by atoms with van der Waals surface area (Å²) >= 11 is -0.951. The molecule has 0 atom stereocenters. The molecule has 0 unspecified atom stereocenters. The number of unbranched alkanes of at least 4 members (excludes halogenated alkanes) is 24. The van der Waals surface area contributed by atoms with Crippen LogP contribution < -0.4 is 15.3 Å².